The molecular weight excluding hydrogens is 186 g/mol. The van der Waals surface area contributed by atoms with Crippen LogP contribution in [0.1, 0.15) is 27.2 Å². The molecule has 0 saturated carbocycles. The van der Waals surface area contributed by atoms with Gasteiger partial charge in [0, 0.05) is 19.5 Å². The zero-order valence-corrected chi connectivity index (χ0v) is 10.1. The summed E-state index contributed by atoms with van der Waals surface area (Å²) < 4.78 is 0. The van der Waals surface area contributed by atoms with Gasteiger partial charge >= 0.3 is 0 Å². The molecule has 15 heavy (non-hydrogen) atoms. The van der Waals surface area contributed by atoms with Gasteiger partial charge in [-0.1, -0.05) is 26.5 Å². The minimum Gasteiger partial charge on any atom is -0.252 e. The first-order valence-electron chi connectivity index (χ1n) is 5.19. The largest absolute Gasteiger partial charge is 0.252 e. The van der Waals surface area contributed by atoms with Crippen LogP contribution in [0.25, 0.3) is 0 Å². The maximum absolute atomic E-state index is 4.26. The first-order chi connectivity index (χ1) is 7.11. The molecule has 0 aromatic rings. The number of hydrazone groups is 1. The summed E-state index contributed by atoms with van der Waals surface area (Å²) >= 11 is 0. The molecule has 0 rings (SSSR count). The zero-order valence-electron chi connectivity index (χ0n) is 10.1. The summed E-state index contributed by atoms with van der Waals surface area (Å²) in [5.41, 5.74) is 0. The van der Waals surface area contributed by atoms with Crippen molar-refractivity contribution in [3.8, 4) is 0 Å². The molecule has 3 nitrogen and oxygen atoms in total. The smallest absolute Gasteiger partial charge is 0.144 e. The molecule has 0 aliphatic rings. The predicted octanol–water partition coefficient (Wildman–Crippen LogP) is 3.07. The summed E-state index contributed by atoms with van der Waals surface area (Å²) in [6.07, 6.45) is 8.15. The molecule has 84 valence electrons. The Kier molecular flexibility index (Phi) is 7.24. The van der Waals surface area contributed by atoms with Crippen molar-refractivity contribution in [2.75, 3.05) is 7.05 Å². The SMILES string of the molecule is C=CC=N/C(=C/CC(C)C)N(C)/N=C\C. The predicted molar refractivity (Wildman–Crippen MR) is 68.2 cm³/mol. The molecule has 0 bridgehead atoms. The van der Waals surface area contributed by atoms with E-state index in [1.54, 1.807) is 23.5 Å². The van der Waals surface area contributed by atoms with Crippen molar-refractivity contribution in [3.63, 3.8) is 0 Å². The van der Waals surface area contributed by atoms with Crippen LogP contribution in [0.3, 0.4) is 0 Å². The van der Waals surface area contributed by atoms with Crippen LogP contribution in [-0.4, -0.2) is 24.5 Å². The van der Waals surface area contributed by atoms with E-state index >= 15 is 0 Å². The Morgan fingerprint density at radius 2 is 2.13 bits per heavy atom. The van der Waals surface area contributed by atoms with Crippen LogP contribution in [0, 0.1) is 5.92 Å². The third-order valence-electron chi connectivity index (χ3n) is 1.70. The van der Waals surface area contributed by atoms with E-state index in [0.717, 1.165) is 12.2 Å². The molecule has 0 heterocycles. The van der Waals surface area contributed by atoms with Crippen molar-refractivity contribution in [2.45, 2.75) is 27.2 Å². The molecule has 0 atom stereocenters. The number of hydrogen-bond donors (Lipinski definition) is 0. The fraction of sp³-hybridized carbons (Fsp3) is 0.500. The van der Waals surface area contributed by atoms with Crippen LogP contribution in [0.15, 0.2) is 34.6 Å². The monoisotopic (exact) mass is 207 g/mol. The molecule has 0 aliphatic heterocycles. The van der Waals surface area contributed by atoms with Crippen molar-refractivity contribution in [1.29, 1.82) is 0 Å². The Hall–Kier alpha value is -1.38. The number of hydrogen-bond acceptors (Lipinski definition) is 3. The van der Waals surface area contributed by atoms with Gasteiger partial charge in [0.1, 0.15) is 5.82 Å². The molecule has 3 heteroatoms. The summed E-state index contributed by atoms with van der Waals surface area (Å²) in [7, 11) is 1.88. The van der Waals surface area contributed by atoms with E-state index < -0.39 is 0 Å². The first kappa shape index (κ1) is 13.6. The van der Waals surface area contributed by atoms with Gasteiger partial charge in [0.2, 0.25) is 0 Å². The normalized spacial score (nSPS) is 13.0. The molecule has 0 radical (unpaired) electrons. The van der Waals surface area contributed by atoms with E-state index in [1.807, 2.05) is 14.0 Å². The Morgan fingerprint density at radius 3 is 2.60 bits per heavy atom. The van der Waals surface area contributed by atoms with E-state index in [1.165, 1.54) is 0 Å². The van der Waals surface area contributed by atoms with Crippen LogP contribution in [-0.2, 0) is 0 Å². The van der Waals surface area contributed by atoms with Crippen LogP contribution in [0.2, 0.25) is 0 Å². The Morgan fingerprint density at radius 1 is 1.47 bits per heavy atom. The second-order valence-corrected chi connectivity index (χ2v) is 3.60. The molecule has 0 aliphatic carbocycles. The highest BCUT2D eigenvalue weighted by Crippen LogP contribution is 2.09. The van der Waals surface area contributed by atoms with Crippen molar-refractivity contribution in [2.24, 2.45) is 16.0 Å². The van der Waals surface area contributed by atoms with Gasteiger partial charge in [-0.2, -0.15) is 5.10 Å². The van der Waals surface area contributed by atoms with Crippen molar-refractivity contribution >= 4 is 12.4 Å². The van der Waals surface area contributed by atoms with E-state index in [2.05, 4.69) is 36.6 Å². The van der Waals surface area contributed by atoms with Crippen LogP contribution < -0.4 is 0 Å². The summed E-state index contributed by atoms with van der Waals surface area (Å²) in [6, 6.07) is 0. The van der Waals surface area contributed by atoms with Gasteiger partial charge in [-0.15, -0.1) is 0 Å². The molecule has 0 N–H and O–H groups in total. The van der Waals surface area contributed by atoms with Crippen molar-refractivity contribution in [1.82, 2.24) is 5.01 Å². The lowest BCUT2D eigenvalue weighted by Crippen LogP contribution is -2.09. The second kappa shape index (κ2) is 7.97. The summed E-state index contributed by atoms with van der Waals surface area (Å²) in [5, 5.41) is 5.90. The van der Waals surface area contributed by atoms with Crippen molar-refractivity contribution < 1.29 is 0 Å². The highest BCUT2D eigenvalue weighted by atomic mass is 15.5. The third kappa shape index (κ3) is 6.66. The average Bonchev–Trinajstić information content (AvgIpc) is 2.17. The summed E-state index contributed by atoms with van der Waals surface area (Å²) in [5.74, 6) is 1.47. The van der Waals surface area contributed by atoms with Crippen LogP contribution in [0.4, 0.5) is 0 Å². The van der Waals surface area contributed by atoms with Crippen molar-refractivity contribution in [3.05, 3.63) is 24.6 Å². The average molecular weight is 207 g/mol. The summed E-state index contributed by atoms with van der Waals surface area (Å²) in [4.78, 5) is 4.26. The maximum atomic E-state index is 4.26. The van der Waals surface area contributed by atoms with Crippen LogP contribution >= 0.6 is 0 Å². The Balaban J connectivity index is 4.62. The molecule has 0 aromatic heterocycles. The number of rotatable bonds is 6. The van der Waals surface area contributed by atoms with Gasteiger partial charge in [0.25, 0.3) is 0 Å². The van der Waals surface area contributed by atoms with Gasteiger partial charge in [-0.25, -0.2) is 4.99 Å². The highest BCUT2D eigenvalue weighted by Gasteiger charge is 1.99. The minimum absolute atomic E-state index is 0.623. The highest BCUT2D eigenvalue weighted by molar-refractivity contribution is 5.71. The van der Waals surface area contributed by atoms with Gasteiger partial charge in [0.15, 0.2) is 0 Å². The Labute approximate surface area is 92.9 Å². The zero-order chi connectivity index (χ0) is 11.7. The topological polar surface area (TPSA) is 28.0 Å². The molecule has 0 aromatic carbocycles. The lowest BCUT2D eigenvalue weighted by Gasteiger charge is -2.13. The van der Waals surface area contributed by atoms with Gasteiger partial charge < -0.3 is 0 Å². The molecule has 0 spiro atoms. The molecular formula is C12H21N3. The fourth-order valence-electron chi connectivity index (χ4n) is 0.971. The van der Waals surface area contributed by atoms with E-state index in [-0.39, 0.29) is 0 Å². The number of aliphatic imine (C=N–C) groups is 1. The quantitative estimate of drug-likeness (QED) is 0.486. The second-order valence-electron chi connectivity index (χ2n) is 3.60. The Bertz CT molecular complexity index is 262. The maximum Gasteiger partial charge on any atom is 0.144 e. The standard InChI is InChI=1S/C12H21N3/c1-6-10-13-12(9-8-11(3)4)15(5)14-7-2/h6-7,9-11H,1,8H2,2-5H3/b12-9-,13-10?,14-7-. The number of allylic oxidation sites excluding steroid dienone is 2. The van der Waals surface area contributed by atoms with Gasteiger partial charge in [-0.3, -0.25) is 5.01 Å². The van der Waals surface area contributed by atoms with Gasteiger partial charge in [-0.05, 0) is 25.3 Å². The molecule has 0 unspecified atom stereocenters. The minimum atomic E-state index is 0.623. The lowest BCUT2D eigenvalue weighted by atomic mass is 10.1. The van der Waals surface area contributed by atoms with E-state index in [4.69, 9.17) is 0 Å². The fourth-order valence-corrected chi connectivity index (χ4v) is 0.971. The molecule has 0 fully saturated rings. The van der Waals surface area contributed by atoms with E-state index in [0.29, 0.717) is 5.92 Å². The van der Waals surface area contributed by atoms with E-state index in [9.17, 15) is 0 Å². The lowest BCUT2D eigenvalue weighted by molar-refractivity contribution is 0.439. The molecule has 0 amide bonds. The molecule has 0 saturated heterocycles. The third-order valence-corrected chi connectivity index (χ3v) is 1.70. The first-order valence-corrected chi connectivity index (χ1v) is 5.19. The number of nitrogens with zero attached hydrogens (tertiary/aromatic N) is 3. The summed E-state index contributed by atoms with van der Waals surface area (Å²) in [6.45, 7) is 9.83. The van der Waals surface area contributed by atoms with Crippen LogP contribution in [0.5, 0.6) is 0 Å². The van der Waals surface area contributed by atoms with Gasteiger partial charge in [0.05, 0.1) is 0 Å².